The Labute approximate surface area is 153 Å². The molecule has 26 heavy (non-hydrogen) atoms. The Balaban J connectivity index is 1.77. The van der Waals surface area contributed by atoms with E-state index in [1.54, 1.807) is 12.1 Å². The molecule has 0 radical (unpaired) electrons. The fourth-order valence-electron chi connectivity index (χ4n) is 2.30. The van der Waals surface area contributed by atoms with Gasteiger partial charge in [0.15, 0.2) is 0 Å². The summed E-state index contributed by atoms with van der Waals surface area (Å²) in [5.74, 6) is -0.619. The molecule has 0 fully saturated rings. The minimum absolute atomic E-state index is 0.0126. The van der Waals surface area contributed by atoms with E-state index in [1.165, 1.54) is 24.3 Å². The SMILES string of the molecule is O=C(CCNc1ccc(Cl)cc1C(F)(F)F)NCCc1ccc(F)cc1. The Morgan fingerprint density at radius 1 is 1.04 bits per heavy atom. The van der Waals surface area contributed by atoms with Crippen LogP contribution in [0.4, 0.5) is 23.2 Å². The van der Waals surface area contributed by atoms with E-state index in [-0.39, 0.29) is 35.4 Å². The number of halogens is 5. The second kappa shape index (κ2) is 8.89. The largest absolute Gasteiger partial charge is 0.418 e. The number of hydrogen-bond acceptors (Lipinski definition) is 2. The van der Waals surface area contributed by atoms with Crippen LogP contribution in [0.1, 0.15) is 17.5 Å². The summed E-state index contributed by atoms with van der Waals surface area (Å²) in [5, 5.41) is 5.27. The zero-order chi connectivity index (χ0) is 19.2. The summed E-state index contributed by atoms with van der Waals surface area (Å²) >= 11 is 5.61. The highest BCUT2D eigenvalue weighted by atomic mass is 35.5. The lowest BCUT2D eigenvalue weighted by atomic mass is 10.1. The van der Waals surface area contributed by atoms with E-state index < -0.39 is 11.7 Å². The first-order valence-electron chi connectivity index (χ1n) is 7.87. The molecule has 2 rings (SSSR count). The van der Waals surface area contributed by atoms with E-state index in [0.29, 0.717) is 13.0 Å². The van der Waals surface area contributed by atoms with Gasteiger partial charge in [-0.3, -0.25) is 4.79 Å². The van der Waals surface area contributed by atoms with Gasteiger partial charge in [0.25, 0.3) is 0 Å². The number of rotatable bonds is 7. The van der Waals surface area contributed by atoms with Gasteiger partial charge >= 0.3 is 6.18 Å². The van der Waals surface area contributed by atoms with Gasteiger partial charge in [0.05, 0.1) is 5.56 Å². The van der Waals surface area contributed by atoms with E-state index in [0.717, 1.165) is 11.6 Å². The molecule has 0 atom stereocenters. The molecule has 0 spiro atoms. The standard InChI is InChI=1S/C18H17ClF4N2O/c19-13-3-6-16(15(11-13)18(21,22)23)24-10-8-17(26)25-9-7-12-1-4-14(20)5-2-12/h1-6,11,24H,7-10H2,(H,25,26). The maximum absolute atomic E-state index is 13.0. The van der Waals surface area contributed by atoms with Crippen molar-refractivity contribution in [3.8, 4) is 0 Å². The predicted molar refractivity (Wildman–Crippen MR) is 92.7 cm³/mol. The molecule has 3 nitrogen and oxygen atoms in total. The number of benzene rings is 2. The second-order valence-corrected chi connectivity index (χ2v) is 6.03. The van der Waals surface area contributed by atoms with Gasteiger partial charge in [0.2, 0.25) is 5.91 Å². The molecule has 0 bridgehead atoms. The zero-order valence-corrected chi connectivity index (χ0v) is 14.4. The monoisotopic (exact) mass is 388 g/mol. The van der Waals surface area contributed by atoms with Gasteiger partial charge in [-0.05, 0) is 42.3 Å². The second-order valence-electron chi connectivity index (χ2n) is 5.59. The van der Waals surface area contributed by atoms with Crippen molar-refractivity contribution in [2.24, 2.45) is 0 Å². The van der Waals surface area contributed by atoms with Crippen molar-refractivity contribution in [2.45, 2.75) is 19.0 Å². The van der Waals surface area contributed by atoms with Crippen molar-refractivity contribution in [1.82, 2.24) is 5.32 Å². The number of anilines is 1. The number of carbonyl (C=O) groups is 1. The van der Waals surface area contributed by atoms with E-state index in [1.807, 2.05) is 0 Å². The van der Waals surface area contributed by atoms with E-state index in [2.05, 4.69) is 10.6 Å². The number of hydrogen-bond donors (Lipinski definition) is 2. The maximum Gasteiger partial charge on any atom is 0.418 e. The maximum atomic E-state index is 13.0. The third-order valence-corrected chi connectivity index (χ3v) is 3.84. The van der Waals surface area contributed by atoms with Crippen molar-refractivity contribution in [2.75, 3.05) is 18.4 Å². The first-order valence-corrected chi connectivity index (χ1v) is 8.25. The van der Waals surface area contributed by atoms with Crippen LogP contribution in [0.3, 0.4) is 0 Å². The molecular weight excluding hydrogens is 372 g/mol. The van der Waals surface area contributed by atoms with Gasteiger partial charge in [0, 0.05) is 30.2 Å². The summed E-state index contributed by atoms with van der Waals surface area (Å²) in [6.45, 7) is 0.409. The molecule has 140 valence electrons. The Morgan fingerprint density at radius 3 is 2.38 bits per heavy atom. The van der Waals surface area contributed by atoms with Crippen LogP contribution in [0.25, 0.3) is 0 Å². The third-order valence-electron chi connectivity index (χ3n) is 3.60. The van der Waals surface area contributed by atoms with Gasteiger partial charge in [0.1, 0.15) is 5.82 Å². The zero-order valence-electron chi connectivity index (χ0n) is 13.7. The van der Waals surface area contributed by atoms with Crippen molar-refractivity contribution in [1.29, 1.82) is 0 Å². The highest BCUT2D eigenvalue weighted by Gasteiger charge is 2.33. The summed E-state index contributed by atoms with van der Waals surface area (Å²) in [4.78, 5) is 11.8. The number of carbonyl (C=O) groups excluding carboxylic acids is 1. The average molecular weight is 389 g/mol. The van der Waals surface area contributed by atoms with Crippen LogP contribution in [-0.4, -0.2) is 19.0 Å². The van der Waals surface area contributed by atoms with Gasteiger partial charge < -0.3 is 10.6 Å². The van der Waals surface area contributed by atoms with Gasteiger partial charge in [-0.25, -0.2) is 4.39 Å². The van der Waals surface area contributed by atoms with Crippen molar-refractivity contribution in [3.63, 3.8) is 0 Å². The van der Waals surface area contributed by atoms with Crippen LogP contribution in [0.2, 0.25) is 5.02 Å². The van der Waals surface area contributed by atoms with Crippen LogP contribution in [-0.2, 0) is 17.4 Å². The molecule has 0 aromatic heterocycles. The molecule has 2 N–H and O–H groups in total. The lowest BCUT2D eigenvalue weighted by Crippen LogP contribution is -2.27. The highest BCUT2D eigenvalue weighted by Crippen LogP contribution is 2.36. The molecule has 0 unspecified atom stereocenters. The average Bonchev–Trinajstić information content (AvgIpc) is 2.57. The lowest BCUT2D eigenvalue weighted by Gasteiger charge is -2.15. The van der Waals surface area contributed by atoms with E-state index in [4.69, 9.17) is 11.6 Å². The third kappa shape index (κ3) is 6.22. The summed E-state index contributed by atoms with van der Waals surface area (Å²) in [7, 11) is 0. The fourth-order valence-corrected chi connectivity index (χ4v) is 2.47. The number of nitrogens with one attached hydrogen (secondary N) is 2. The van der Waals surface area contributed by atoms with E-state index >= 15 is 0 Å². The normalized spacial score (nSPS) is 11.3. The minimum Gasteiger partial charge on any atom is -0.384 e. The van der Waals surface area contributed by atoms with Crippen LogP contribution in [0.15, 0.2) is 42.5 Å². The summed E-state index contributed by atoms with van der Waals surface area (Å²) in [5.41, 5.74) is -0.122. The fraction of sp³-hybridized carbons (Fsp3) is 0.278. The lowest BCUT2D eigenvalue weighted by molar-refractivity contribution is -0.137. The first-order chi connectivity index (χ1) is 12.3. The van der Waals surface area contributed by atoms with Gasteiger partial charge in [-0.1, -0.05) is 23.7 Å². The molecule has 2 aromatic carbocycles. The van der Waals surface area contributed by atoms with Crippen molar-refractivity contribution in [3.05, 3.63) is 64.4 Å². The Hall–Kier alpha value is -2.28. The topological polar surface area (TPSA) is 41.1 Å². The molecule has 0 aliphatic rings. The smallest absolute Gasteiger partial charge is 0.384 e. The molecule has 0 heterocycles. The molecule has 8 heteroatoms. The minimum atomic E-state index is -4.54. The van der Waals surface area contributed by atoms with Crippen molar-refractivity contribution < 1.29 is 22.4 Å². The first kappa shape index (κ1) is 20.0. The van der Waals surface area contributed by atoms with E-state index in [9.17, 15) is 22.4 Å². The molecule has 0 saturated heterocycles. The Bertz CT molecular complexity index is 748. The van der Waals surface area contributed by atoms with Crippen LogP contribution in [0.5, 0.6) is 0 Å². The highest BCUT2D eigenvalue weighted by molar-refractivity contribution is 6.30. The summed E-state index contributed by atoms with van der Waals surface area (Å²) in [6, 6.07) is 9.35. The summed E-state index contributed by atoms with van der Waals surface area (Å²) in [6.07, 6.45) is -3.98. The van der Waals surface area contributed by atoms with Crippen molar-refractivity contribution >= 4 is 23.2 Å². The van der Waals surface area contributed by atoms with Gasteiger partial charge in [-0.15, -0.1) is 0 Å². The van der Waals surface area contributed by atoms with Gasteiger partial charge in [-0.2, -0.15) is 13.2 Å². The van der Waals surface area contributed by atoms with Crippen LogP contribution in [0, 0.1) is 5.82 Å². The summed E-state index contributed by atoms with van der Waals surface area (Å²) < 4.78 is 51.7. The molecular formula is C18H17ClF4N2O. The number of alkyl halides is 3. The molecule has 1 amide bonds. The number of amides is 1. The molecule has 0 saturated carbocycles. The Morgan fingerprint density at radius 2 is 1.73 bits per heavy atom. The molecule has 0 aliphatic heterocycles. The molecule has 0 aliphatic carbocycles. The van der Waals surface area contributed by atoms with Crippen LogP contribution >= 0.6 is 11.6 Å². The molecule has 2 aromatic rings. The quantitative estimate of drug-likeness (QED) is 0.677. The predicted octanol–water partition coefficient (Wildman–Crippen LogP) is 4.66. The van der Waals surface area contributed by atoms with Crippen LogP contribution < -0.4 is 10.6 Å². The Kier molecular flexibility index (Phi) is 6.85.